The van der Waals surface area contributed by atoms with Crippen LogP contribution in [0.25, 0.3) is 0 Å². The van der Waals surface area contributed by atoms with Crippen molar-refractivity contribution >= 4 is 40.8 Å². The molecule has 2 rings (SSSR count). The first-order chi connectivity index (χ1) is 6.79. The van der Waals surface area contributed by atoms with Gasteiger partial charge in [0.05, 0.1) is 5.25 Å². The van der Waals surface area contributed by atoms with Gasteiger partial charge in [-0.25, -0.2) is 0 Å². The molecule has 1 aliphatic heterocycles. The maximum absolute atomic E-state index is 12.0. The van der Waals surface area contributed by atoms with Crippen molar-refractivity contribution < 1.29 is 4.79 Å². The van der Waals surface area contributed by atoms with Crippen molar-refractivity contribution in [2.24, 2.45) is 0 Å². The van der Waals surface area contributed by atoms with Gasteiger partial charge in [0.1, 0.15) is 5.69 Å². The molecule has 0 bridgehead atoms. The van der Waals surface area contributed by atoms with Crippen LogP contribution in [0.15, 0.2) is 11.4 Å². The molecule has 0 aromatic carbocycles. The van der Waals surface area contributed by atoms with Crippen LogP contribution in [0.1, 0.15) is 17.4 Å². The fourth-order valence-electron chi connectivity index (χ4n) is 1.41. The van der Waals surface area contributed by atoms with Gasteiger partial charge in [-0.2, -0.15) is 16.1 Å². The molecule has 2 unspecified atom stereocenters. The highest BCUT2D eigenvalue weighted by Crippen LogP contribution is 2.32. The van der Waals surface area contributed by atoms with E-state index in [4.69, 9.17) is 0 Å². The minimum absolute atomic E-state index is 0.107. The van der Waals surface area contributed by atoms with E-state index < -0.39 is 0 Å². The molecule has 1 aromatic heterocycles. The number of ketones is 1. The van der Waals surface area contributed by atoms with E-state index in [2.05, 4.69) is 11.3 Å². The minimum Gasteiger partial charge on any atom is -0.291 e. The lowest BCUT2D eigenvalue weighted by atomic mass is 10.2. The summed E-state index contributed by atoms with van der Waals surface area (Å²) in [4.78, 5) is 12.0. The van der Waals surface area contributed by atoms with Crippen molar-refractivity contribution in [2.45, 2.75) is 17.4 Å². The molecule has 2 atom stereocenters. The van der Waals surface area contributed by atoms with Crippen LogP contribution in [-0.2, 0) is 0 Å². The summed E-state index contributed by atoms with van der Waals surface area (Å²) in [7, 11) is 0. The van der Waals surface area contributed by atoms with Gasteiger partial charge in [0.25, 0.3) is 0 Å². The lowest BCUT2D eigenvalue weighted by Gasteiger charge is -2.25. The molecular formula is C9H11NOS3. The summed E-state index contributed by atoms with van der Waals surface area (Å²) in [6, 6.07) is 1.82. The normalized spacial score (nSPS) is 27.5. The van der Waals surface area contributed by atoms with Gasteiger partial charge in [-0.1, -0.05) is 6.92 Å². The summed E-state index contributed by atoms with van der Waals surface area (Å²) >= 11 is 5.00. The number of carbonyl (C=O) groups is 1. The fourth-order valence-corrected chi connectivity index (χ4v) is 4.63. The Kier molecular flexibility index (Phi) is 3.52. The Morgan fingerprint density at radius 3 is 2.93 bits per heavy atom. The van der Waals surface area contributed by atoms with Gasteiger partial charge >= 0.3 is 0 Å². The van der Waals surface area contributed by atoms with Crippen molar-refractivity contribution in [3.8, 4) is 0 Å². The van der Waals surface area contributed by atoms with Crippen molar-refractivity contribution in [1.82, 2.24) is 4.37 Å². The second-order valence-corrected chi connectivity index (χ2v) is 6.52. The Hall–Kier alpha value is -0.0000000000000000833. The number of hydrogen-bond donors (Lipinski definition) is 0. The van der Waals surface area contributed by atoms with E-state index in [1.165, 1.54) is 11.5 Å². The summed E-state index contributed by atoms with van der Waals surface area (Å²) in [5, 5.41) is 2.39. The van der Waals surface area contributed by atoms with Crippen LogP contribution in [0.3, 0.4) is 0 Å². The molecule has 0 saturated carbocycles. The topological polar surface area (TPSA) is 30.0 Å². The number of carbonyl (C=O) groups excluding carboxylic acids is 1. The largest absolute Gasteiger partial charge is 0.291 e. The number of thioether (sulfide) groups is 2. The predicted molar refractivity (Wildman–Crippen MR) is 64.6 cm³/mol. The predicted octanol–water partition coefficient (Wildman–Crippen LogP) is 2.56. The molecule has 2 nitrogen and oxygen atoms in total. The molecule has 14 heavy (non-hydrogen) atoms. The van der Waals surface area contributed by atoms with Gasteiger partial charge in [0, 0.05) is 22.1 Å². The van der Waals surface area contributed by atoms with Crippen LogP contribution < -0.4 is 0 Å². The lowest BCUT2D eigenvalue weighted by molar-refractivity contribution is 0.0986. The molecule has 0 aliphatic carbocycles. The quantitative estimate of drug-likeness (QED) is 0.749. The van der Waals surface area contributed by atoms with E-state index in [-0.39, 0.29) is 11.0 Å². The average Bonchev–Trinajstić information content (AvgIpc) is 2.70. The van der Waals surface area contributed by atoms with Crippen LogP contribution in [0, 0.1) is 0 Å². The van der Waals surface area contributed by atoms with Gasteiger partial charge < -0.3 is 0 Å². The zero-order valence-corrected chi connectivity index (χ0v) is 10.3. The first kappa shape index (κ1) is 10.5. The van der Waals surface area contributed by atoms with Gasteiger partial charge in [-0.15, -0.1) is 11.8 Å². The Morgan fingerprint density at radius 1 is 1.50 bits per heavy atom. The maximum Gasteiger partial charge on any atom is 0.196 e. The average molecular weight is 245 g/mol. The SMILES string of the molecule is CC1SCCSC1C(=O)c1ccsn1. The van der Waals surface area contributed by atoms with E-state index in [1.807, 2.05) is 23.2 Å². The molecule has 76 valence electrons. The molecule has 2 heterocycles. The number of hydrogen-bond acceptors (Lipinski definition) is 5. The van der Waals surface area contributed by atoms with E-state index >= 15 is 0 Å². The van der Waals surface area contributed by atoms with Crippen LogP contribution >= 0.6 is 35.1 Å². The highest BCUT2D eigenvalue weighted by Gasteiger charge is 2.30. The molecule has 1 aromatic rings. The van der Waals surface area contributed by atoms with E-state index in [0.29, 0.717) is 10.9 Å². The molecule has 1 aliphatic rings. The van der Waals surface area contributed by atoms with Crippen molar-refractivity contribution in [3.63, 3.8) is 0 Å². The molecule has 0 N–H and O–H groups in total. The van der Waals surface area contributed by atoms with E-state index in [9.17, 15) is 4.79 Å². The summed E-state index contributed by atoms with van der Waals surface area (Å²) in [5.41, 5.74) is 0.641. The molecule has 1 fully saturated rings. The first-order valence-corrected chi connectivity index (χ1v) is 7.40. The number of Topliss-reactive ketones (excluding diaryl/α,β-unsaturated/α-hetero) is 1. The third-order valence-electron chi connectivity index (χ3n) is 2.14. The van der Waals surface area contributed by atoms with Crippen molar-refractivity contribution in [3.05, 3.63) is 17.1 Å². The van der Waals surface area contributed by atoms with Crippen molar-refractivity contribution in [1.29, 1.82) is 0 Å². The molecular weight excluding hydrogens is 234 g/mol. The second-order valence-electron chi connectivity index (χ2n) is 3.12. The highest BCUT2D eigenvalue weighted by atomic mass is 32.2. The standard InChI is InChI=1S/C9H11NOS3/c1-6-9(13-5-4-12-6)8(11)7-2-3-14-10-7/h2-3,6,9H,4-5H2,1H3. The smallest absolute Gasteiger partial charge is 0.196 e. The van der Waals surface area contributed by atoms with Crippen LogP contribution in [-0.4, -0.2) is 32.2 Å². The highest BCUT2D eigenvalue weighted by molar-refractivity contribution is 8.07. The zero-order chi connectivity index (χ0) is 9.97. The van der Waals surface area contributed by atoms with Gasteiger partial charge in [-0.05, 0) is 17.6 Å². The first-order valence-electron chi connectivity index (χ1n) is 4.47. The lowest BCUT2D eigenvalue weighted by Crippen LogP contribution is -2.31. The Labute approximate surface area is 96.0 Å². The summed E-state index contributed by atoms with van der Waals surface area (Å²) in [6.07, 6.45) is 0. The Bertz CT molecular complexity index is 312. The maximum atomic E-state index is 12.0. The summed E-state index contributed by atoms with van der Waals surface area (Å²) < 4.78 is 4.10. The van der Waals surface area contributed by atoms with Gasteiger partial charge in [-0.3, -0.25) is 4.79 Å². The molecule has 5 heteroatoms. The van der Waals surface area contributed by atoms with Gasteiger partial charge in [0.2, 0.25) is 0 Å². The number of nitrogens with zero attached hydrogens (tertiary/aromatic N) is 1. The molecule has 0 spiro atoms. The van der Waals surface area contributed by atoms with Crippen LogP contribution in [0.5, 0.6) is 0 Å². The zero-order valence-electron chi connectivity index (χ0n) is 7.80. The van der Waals surface area contributed by atoms with E-state index in [1.54, 1.807) is 11.8 Å². The van der Waals surface area contributed by atoms with Crippen LogP contribution in [0.2, 0.25) is 0 Å². The van der Waals surface area contributed by atoms with Crippen molar-refractivity contribution in [2.75, 3.05) is 11.5 Å². The third kappa shape index (κ3) is 2.15. The molecule has 0 amide bonds. The Morgan fingerprint density at radius 2 is 2.29 bits per heavy atom. The fraction of sp³-hybridized carbons (Fsp3) is 0.556. The van der Waals surface area contributed by atoms with Crippen LogP contribution in [0.4, 0.5) is 0 Å². The monoisotopic (exact) mass is 245 g/mol. The second kappa shape index (κ2) is 4.68. The number of rotatable bonds is 2. The van der Waals surface area contributed by atoms with E-state index in [0.717, 1.165) is 11.5 Å². The Balaban J connectivity index is 2.10. The third-order valence-corrected chi connectivity index (χ3v) is 5.79. The molecule has 1 saturated heterocycles. The molecule has 0 radical (unpaired) electrons. The minimum atomic E-state index is 0.107. The summed E-state index contributed by atoms with van der Waals surface area (Å²) in [6.45, 7) is 2.13. The summed E-state index contributed by atoms with van der Waals surface area (Å²) in [5.74, 6) is 2.44. The van der Waals surface area contributed by atoms with Gasteiger partial charge in [0.15, 0.2) is 5.78 Å². The number of aromatic nitrogens is 1.